The van der Waals surface area contributed by atoms with Crippen molar-refractivity contribution < 1.29 is 9.21 Å². The van der Waals surface area contributed by atoms with Crippen molar-refractivity contribution in [1.29, 1.82) is 0 Å². The molecule has 2 aromatic rings. The van der Waals surface area contributed by atoms with E-state index in [1.807, 2.05) is 0 Å². The number of pyridine rings is 1. The van der Waals surface area contributed by atoms with Gasteiger partial charge in [-0.2, -0.15) is 0 Å². The van der Waals surface area contributed by atoms with Crippen LogP contribution in [-0.4, -0.2) is 24.0 Å². The Morgan fingerprint density at radius 1 is 1.38 bits per heavy atom. The average Bonchev–Trinajstić information content (AvgIpc) is 2.57. The summed E-state index contributed by atoms with van der Waals surface area (Å²) in [5.74, 6) is 0.723. The zero-order valence-corrected chi connectivity index (χ0v) is 13.5. The highest BCUT2D eigenvalue weighted by molar-refractivity contribution is 6.04. The topological polar surface area (TPSA) is 110 Å². The van der Waals surface area contributed by atoms with Gasteiger partial charge in [0.25, 0.3) is 5.91 Å². The number of hydrogen-bond acceptors (Lipinski definition) is 6. The fraction of sp³-hybridized carbons (Fsp3) is 0.353. The molecule has 0 aliphatic carbocycles. The summed E-state index contributed by atoms with van der Waals surface area (Å²) in [4.78, 5) is 28.6. The van der Waals surface area contributed by atoms with Crippen LogP contribution >= 0.6 is 0 Å². The van der Waals surface area contributed by atoms with Crippen LogP contribution in [0.2, 0.25) is 0 Å². The maximum absolute atomic E-state index is 12.4. The van der Waals surface area contributed by atoms with Crippen molar-refractivity contribution in [3.05, 3.63) is 51.7 Å². The van der Waals surface area contributed by atoms with Crippen molar-refractivity contribution in [2.75, 3.05) is 24.1 Å². The van der Waals surface area contributed by atoms with Gasteiger partial charge in [0.2, 0.25) is 0 Å². The number of aromatic nitrogens is 1. The third kappa shape index (κ3) is 3.46. The second-order valence-electron chi connectivity index (χ2n) is 5.94. The zero-order valence-electron chi connectivity index (χ0n) is 13.5. The summed E-state index contributed by atoms with van der Waals surface area (Å²) < 4.78 is 5.43. The SMILES string of the molecule is Cc1cc(C2CCNCC2)oc(=O)c1C(=O)Nc1ccc(N)nc1. The van der Waals surface area contributed by atoms with Crippen molar-refractivity contribution >= 4 is 17.4 Å². The molecule has 0 bridgehead atoms. The molecule has 1 aliphatic rings. The molecule has 0 aromatic carbocycles. The van der Waals surface area contributed by atoms with Gasteiger partial charge in [-0.15, -0.1) is 0 Å². The number of carbonyl (C=O) groups excluding carboxylic acids is 1. The molecule has 0 saturated carbocycles. The third-order valence-corrected chi connectivity index (χ3v) is 4.18. The van der Waals surface area contributed by atoms with E-state index in [0.29, 0.717) is 22.8 Å². The monoisotopic (exact) mass is 328 g/mol. The van der Waals surface area contributed by atoms with Crippen molar-refractivity contribution in [1.82, 2.24) is 10.3 Å². The van der Waals surface area contributed by atoms with Crippen molar-refractivity contribution in [3.8, 4) is 0 Å². The second-order valence-corrected chi connectivity index (χ2v) is 5.94. The fourth-order valence-electron chi connectivity index (χ4n) is 2.89. The van der Waals surface area contributed by atoms with E-state index in [2.05, 4.69) is 15.6 Å². The minimum atomic E-state index is -0.607. The van der Waals surface area contributed by atoms with E-state index in [1.165, 1.54) is 6.20 Å². The Hall–Kier alpha value is -2.67. The van der Waals surface area contributed by atoms with Gasteiger partial charge in [0.05, 0.1) is 11.9 Å². The largest absolute Gasteiger partial charge is 0.427 e. The Bertz CT molecular complexity index is 792. The van der Waals surface area contributed by atoms with Crippen molar-refractivity contribution in [3.63, 3.8) is 0 Å². The van der Waals surface area contributed by atoms with Crippen LogP contribution in [0.1, 0.15) is 40.4 Å². The van der Waals surface area contributed by atoms with Gasteiger partial charge in [-0.3, -0.25) is 4.79 Å². The molecule has 4 N–H and O–H groups in total. The van der Waals surface area contributed by atoms with Gasteiger partial charge in [0.1, 0.15) is 17.1 Å². The highest BCUT2D eigenvalue weighted by atomic mass is 16.4. The Morgan fingerprint density at radius 3 is 2.75 bits per heavy atom. The lowest BCUT2D eigenvalue weighted by molar-refractivity contribution is 0.102. The molecule has 0 spiro atoms. The van der Waals surface area contributed by atoms with E-state index in [4.69, 9.17) is 10.2 Å². The van der Waals surface area contributed by atoms with E-state index >= 15 is 0 Å². The molecule has 1 fully saturated rings. The summed E-state index contributed by atoms with van der Waals surface area (Å²) in [6, 6.07) is 5.00. The quantitative estimate of drug-likeness (QED) is 0.790. The van der Waals surface area contributed by atoms with Gasteiger partial charge in [0.15, 0.2) is 0 Å². The number of anilines is 2. The summed E-state index contributed by atoms with van der Waals surface area (Å²) in [6.45, 7) is 3.55. The number of nitrogens with one attached hydrogen (secondary N) is 2. The lowest BCUT2D eigenvalue weighted by Gasteiger charge is -2.21. The van der Waals surface area contributed by atoms with Crippen LogP contribution in [0.3, 0.4) is 0 Å². The molecule has 0 radical (unpaired) electrons. The minimum absolute atomic E-state index is 0.0181. The first-order chi connectivity index (χ1) is 11.5. The molecule has 7 heteroatoms. The summed E-state index contributed by atoms with van der Waals surface area (Å²) in [7, 11) is 0. The number of nitrogen functional groups attached to an aromatic ring is 1. The molecule has 1 amide bonds. The van der Waals surface area contributed by atoms with Crippen LogP contribution in [-0.2, 0) is 0 Å². The van der Waals surface area contributed by atoms with Gasteiger partial charge >= 0.3 is 5.63 Å². The Kier molecular flexibility index (Phi) is 4.61. The van der Waals surface area contributed by atoms with Crippen LogP contribution in [0.25, 0.3) is 0 Å². The predicted molar refractivity (Wildman–Crippen MR) is 91.2 cm³/mol. The van der Waals surface area contributed by atoms with E-state index in [1.54, 1.807) is 25.1 Å². The molecule has 2 aromatic heterocycles. The van der Waals surface area contributed by atoms with Gasteiger partial charge in [-0.05, 0) is 56.6 Å². The third-order valence-electron chi connectivity index (χ3n) is 4.18. The van der Waals surface area contributed by atoms with Crippen LogP contribution < -0.4 is 22.0 Å². The van der Waals surface area contributed by atoms with Crippen molar-refractivity contribution in [2.24, 2.45) is 0 Å². The summed E-state index contributed by atoms with van der Waals surface area (Å²) in [5.41, 5.74) is 6.00. The van der Waals surface area contributed by atoms with Gasteiger partial charge < -0.3 is 20.8 Å². The number of hydrogen-bond donors (Lipinski definition) is 3. The lowest BCUT2D eigenvalue weighted by atomic mass is 9.94. The van der Waals surface area contributed by atoms with E-state index < -0.39 is 11.5 Å². The summed E-state index contributed by atoms with van der Waals surface area (Å²) in [5, 5.41) is 5.91. The first-order valence-corrected chi connectivity index (χ1v) is 7.93. The standard InChI is InChI=1S/C17H20N4O3/c1-10-8-13(11-4-6-19-7-5-11)24-17(23)15(10)16(22)21-12-2-3-14(18)20-9-12/h2-3,8-9,11,19H,4-7H2,1H3,(H2,18,20)(H,21,22). The molecule has 0 unspecified atom stereocenters. The summed E-state index contributed by atoms with van der Waals surface area (Å²) >= 11 is 0. The van der Waals surface area contributed by atoms with Gasteiger partial charge in [0, 0.05) is 5.92 Å². The van der Waals surface area contributed by atoms with Gasteiger partial charge in [-0.1, -0.05) is 0 Å². The molecular formula is C17H20N4O3. The molecule has 7 nitrogen and oxygen atoms in total. The Balaban J connectivity index is 1.83. The molecule has 24 heavy (non-hydrogen) atoms. The highest BCUT2D eigenvalue weighted by Gasteiger charge is 2.22. The number of carbonyl (C=O) groups is 1. The second kappa shape index (κ2) is 6.84. The maximum Gasteiger partial charge on any atom is 0.349 e. The molecule has 1 aliphatic heterocycles. The number of nitrogens with zero attached hydrogens (tertiary/aromatic N) is 1. The smallest absolute Gasteiger partial charge is 0.349 e. The number of nitrogens with two attached hydrogens (primary N) is 1. The molecule has 3 heterocycles. The van der Waals surface area contributed by atoms with E-state index in [-0.39, 0.29) is 11.5 Å². The molecule has 0 atom stereocenters. The highest BCUT2D eigenvalue weighted by Crippen LogP contribution is 2.25. The Morgan fingerprint density at radius 2 is 2.12 bits per heavy atom. The number of aryl methyl sites for hydroxylation is 1. The predicted octanol–water partition coefficient (Wildman–Crippen LogP) is 1.64. The van der Waals surface area contributed by atoms with E-state index in [0.717, 1.165) is 25.9 Å². The van der Waals surface area contributed by atoms with Crippen LogP contribution in [0, 0.1) is 6.92 Å². The van der Waals surface area contributed by atoms with E-state index in [9.17, 15) is 9.59 Å². The summed E-state index contributed by atoms with van der Waals surface area (Å²) in [6.07, 6.45) is 3.28. The van der Waals surface area contributed by atoms with Crippen LogP contribution in [0.4, 0.5) is 11.5 Å². The number of amides is 1. The molecule has 3 rings (SSSR count). The first kappa shape index (κ1) is 16.2. The number of piperidine rings is 1. The normalized spacial score (nSPS) is 15.2. The first-order valence-electron chi connectivity index (χ1n) is 7.93. The number of rotatable bonds is 3. The zero-order chi connectivity index (χ0) is 17.1. The van der Waals surface area contributed by atoms with Gasteiger partial charge in [-0.25, -0.2) is 9.78 Å². The fourth-order valence-corrected chi connectivity index (χ4v) is 2.89. The lowest BCUT2D eigenvalue weighted by Crippen LogP contribution is -2.28. The van der Waals surface area contributed by atoms with Crippen molar-refractivity contribution in [2.45, 2.75) is 25.7 Å². The molecule has 1 saturated heterocycles. The minimum Gasteiger partial charge on any atom is -0.427 e. The molecule has 126 valence electrons. The van der Waals surface area contributed by atoms with Crippen LogP contribution in [0.15, 0.2) is 33.6 Å². The molecular weight excluding hydrogens is 308 g/mol. The van der Waals surface area contributed by atoms with Crippen LogP contribution in [0.5, 0.6) is 0 Å². The Labute approximate surface area is 139 Å². The average molecular weight is 328 g/mol. The maximum atomic E-state index is 12.4.